The second-order valence-corrected chi connectivity index (χ2v) is 10.3. The highest BCUT2D eigenvalue weighted by Crippen LogP contribution is 2.30. The lowest BCUT2D eigenvalue weighted by molar-refractivity contribution is -0.130. The summed E-state index contributed by atoms with van der Waals surface area (Å²) in [4.78, 5) is 41.9. The maximum absolute atomic E-state index is 13.6. The second-order valence-electron chi connectivity index (χ2n) is 10.3. The van der Waals surface area contributed by atoms with Gasteiger partial charge in [-0.1, -0.05) is 61.4 Å². The van der Waals surface area contributed by atoms with Crippen LogP contribution >= 0.6 is 0 Å². The molecule has 0 saturated carbocycles. The van der Waals surface area contributed by atoms with Gasteiger partial charge in [-0.2, -0.15) is 0 Å². The zero-order chi connectivity index (χ0) is 26.7. The number of amides is 2. The molecule has 0 aliphatic carbocycles. The molecule has 2 heterocycles. The summed E-state index contributed by atoms with van der Waals surface area (Å²) in [5.74, 6) is 0.218. The maximum atomic E-state index is 13.6. The molecular weight excluding hydrogens is 476 g/mol. The number of likely N-dealkylation sites (tertiary alicyclic amines) is 1. The van der Waals surface area contributed by atoms with Crippen molar-refractivity contribution in [3.05, 3.63) is 60.2 Å². The number of hydrogen-bond acceptors (Lipinski definition) is 4. The molecule has 1 aliphatic heterocycles. The molecule has 1 aromatic heterocycles. The summed E-state index contributed by atoms with van der Waals surface area (Å²) in [6.45, 7) is 2.94. The van der Waals surface area contributed by atoms with E-state index in [4.69, 9.17) is 0 Å². The van der Waals surface area contributed by atoms with Crippen LogP contribution in [0.15, 0.2) is 54.6 Å². The summed E-state index contributed by atoms with van der Waals surface area (Å²) in [6, 6.07) is 18.3. The van der Waals surface area contributed by atoms with Crippen LogP contribution in [0, 0.1) is 0 Å². The van der Waals surface area contributed by atoms with Gasteiger partial charge in [0.05, 0.1) is 12.2 Å². The Bertz CT molecular complexity index is 1210. The van der Waals surface area contributed by atoms with Gasteiger partial charge in [0.25, 0.3) is 0 Å². The lowest BCUT2D eigenvalue weighted by Crippen LogP contribution is -2.57. The number of hydrogen-bond donors (Lipinski definition) is 3. The number of ketones is 1. The number of fused-ring (bicyclic) bond motifs is 1. The van der Waals surface area contributed by atoms with Gasteiger partial charge in [-0.25, -0.2) is 0 Å². The third-order valence-corrected chi connectivity index (χ3v) is 7.56. The van der Waals surface area contributed by atoms with E-state index in [1.807, 2.05) is 30.3 Å². The van der Waals surface area contributed by atoms with Gasteiger partial charge in [0.15, 0.2) is 0 Å². The first-order valence-corrected chi connectivity index (χ1v) is 14.0. The first-order valence-electron chi connectivity index (χ1n) is 14.0. The number of Topliss-reactive ketones (excluding diaryl/α,β-unsaturated/α-hetero) is 1. The van der Waals surface area contributed by atoms with E-state index in [0.29, 0.717) is 25.8 Å². The van der Waals surface area contributed by atoms with Crippen LogP contribution in [0.4, 0.5) is 0 Å². The fourth-order valence-corrected chi connectivity index (χ4v) is 5.66. The van der Waals surface area contributed by atoms with Crippen LogP contribution in [0.1, 0.15) is 63.9 Å². The van der Waals surface area contributed by atoms with Crippen LogP contribution < -0.4 is 10.6 Å². The number of H-pyrrole nitrogens is 1. The molecule has 202 valence electrons. The molecule has 2 atom stereocenters. The largest absolute Gasteiger partial charge is 0.354 e. The van der Waals surface area contributed by atoms with Gasteiger partial charge in [0.1, 0.15) is 5.78 Å². The summed E-state index contributed by atoms with van der Waals surface area (Å²) in [5, 5.41) is 7.32. The number of carbonyl (C=O) groups is 3. The normalized spacial score (nSPS) is 16.7. The SMILES string of the molecule is CC(=O)CCCCC[C@@H](C(=O)NCCc1c(-c2ccccc2)[nH]c2ccccc12)N1CCCC[C@H]1NC=O. The first-order chi connectivity index (χ1) is 18.6. The van der Waals surface area contributed by atoms with Gasteiger partial charge < -0.3 is 20.4 Å². The number of unbranched alkanes of at least 4 members (excludes halogenated alkanes) is 2. The molecule has 0 spiro atoms. The highest BCUT2D eigenvalue weighted by atomic mass is 16.2. The minimum Gasteiger partial charge on any atom is -0.354 e. The summed E-state index contributed by atoms with van der Waals surface area (Å²) < 4.78 is 0. The third-order valence-electron chi connectivity index (χ3n) is 7.56. The highest BCUT2D eigenvalue weighted by molar-refractivity contribution is 5.91. The summed E-state index contributed by atoms with van der Waals surface area (Å²) in [7, 11) is 0. The van der Waals surface area contributed by atoms with Crippen molar-refractivity contribution >= 4 is 29.0 Å². The standard InChI is InChI=1S/C31H40N4O3/c1-23(37)12-4-2-7-17-28(35-21-11-10-18-29(35)33-22-36)31(38)32-20-19-26-25-15-8-9-16-27(25)34-30(26)24-13-5-3-6-14-24/h3,5-6,8-9,13-16,22,28-29,34H,2,4,7,10-12,17-21H2,1H3,(H,32,38)(H,33,36)/t28-,29-/m0/s1. The van der Waals surface area contributed by atoms with Crippen LogP contribution in [-0.4, -0.2) is 53.3 Å². The number of benzene rings is 2. The van der Waals surface area contributed by atoms with Gasteiger partial charge in [-0.05, 0) is 62.6 Å². The molecule has 2 amide bonds. The van der Waals surface area contributed by atoms with E-state index in [2.05, 4.69) is 44.8 Å². The van der Waals surface area contributed by atoms with E-state index in [1.54, 1.807) is 6.92 Å². The number of aromatic nitrogens is 1. The monoisotopic (exact) mass is 516 g/mol. The van der Waals surface area contributed by atoms with Crippen molar-refractivity contribution in [2.24, 2.45) is 0 Å². The fraction of sp³-hybridized carbons (Fsp3) is 0.452. The molecule has 1 saturated heterocycles. The number of para-hydroxylation sites is 1. The van der Waals surface area contributed by atoms with Gasteiger partial charge in [-0.3, -0.25) is 14.5 Å². The van der Waals surface area contributed by atoms with Crippen molar-refractivity contribution in [3.63, 3.8) is 0 Å². The average molecular weight is 517 g/mol. The van der Waals surface area contributed by atoms with Crippen molar-refractivity contribution in [1.29, 1.82) is 0 Å². The van der Waals surface area contributed by atoms with Gasteiger partial charge in [0.2, 0.25) is 12.3 Å². The molecule has 0 unspecified atom stereocenters. The van der Waals surface area contributed by atoms with Crippen LogP contribution in [0.2, 0.25) is 0 Å². The fourth-order valence-electron chi connectivity index (χ4n) is 5.66. The quantitative estimate of drug-likeness (QED) is 0.209. The Morgan fingerprint density at radius 3 is 2.63 bits per heavy atom. The van der Waals surface area contributed by atoms with Crippen molar-refractivity contribution in [1.82, 2.24) is 20.5 Å². The van der Waals surface area contributed by atoms with Crippen molar-refractivity contribution in [2.45, 2.75) is 76.9 Å². The van der Waals surface area contributed by atoms with E-state index in [0.717, 1.165) is 68.3 Å². The smallest absolute Gasteiger partial charge is 0.237 e. The molecule has 38 heavy (non-hydrogen) atoms. The van der Waals surface area contributed by atoms with Gasteiger partial charge in [-0.15, -0.1) is 0 Å². The summed E-state index contributed by atoms with van der Waals surface area (Å²) >= 11 is 0. The molecule has 1 fully saturated rings. The Hall–Kier alpha value is -3.45. The predicted molar refractivity (Wildman–Crippen MR) is 152 cm³/mol. The van der Waals surface area contributed by atoms with E-state index in [-0.39, 0.29) is 23.9 Å². The number of rotatable bonds is 14. The number of nitrogens with one attached hydrogen (secondary N) is 3. The number of aromatic amines is 1. The highest BCUT2D eigenvalue weighted by Gasteiger charge is 2.32. The first kappa shape index (κ1) is 27.6. The number of piperidine rings is 1. The topological polar surface area (TPSA) is 94.3 Å². The van der Waals surface area contributed by atoms with Crippen molar-refractivity contribution in [3.8, 4) is 11.3 Å². The van der Waals surface area contributed by atoms with Crippen LogP contribution in [-0.2, 0) is 20.8 Å². The molecule has 1 aliphatic rings. The van der Waals surface area contributed by atoms with Gasteiger partial charge in [0, 0.05) is 36.1 Å². The predicted octanol–water partition coefficient (Wildman–Crippen LogP) is 4.96. The number of carbonyl (C=O) groups excluding carboxylic acids is 3. The minimum absolute atomic E-state index is 0.0114. The Morgan fingerprint density at radius 2 is 1.84 bits per heavy atom. The minimum atomic E-state index is -0.304. The van der Waals surface area contributed by atoms with Crippen LogP contribution in [0.25, 0.3) is 22.2 Å². The molecule has 2 aromatic carbocycles. The van der Waals surface area contributed by atoms with Crippen LogP contribution in [0.3, 0.4) is 0 Å². The Kier molecular flexibility index (Phi) is 10.1. The van der Waals surface area contributed by atoms with Crippen LogP contribution in [0.5, 0.6) is 0 Å². The average Bonchev–Trinajstić information content (AvgIpc) is 3.30. The van der Waals surface area contributed by atoms with E-state index >= 15 is 0 Å². The Balaban J connectivity index is 1.46. The van der Waals surface area contributed by atoms with E-state index in [1.165, 1.54) is 10.9 Å². The molecular formula is C31H40N4O3. The Morgan fingerprint density at radius 1 is 1.05 bits per heavy atom. The molecule has 0 radical (unpaired) electrons. The maximum Gasteiger partial charge on any atom is 0.237 e. The molecule has 7 heteroatoms. The zero-order valence-corrected chi connectivity index (χ0v) is 22.4. The third kappa shape index (κ3) is 7.10. The van der Waals surface area contributed by atoms with Gasteiger partial charge >= 0.3 is 0 Å². The van der Waals surface area contributed by atoms with Crippen molar-refractivity contribution in [2.75, 3.05) is 13.1 Å². The number of nitrogens with zero attached hydrogens (tertiary/aromatic N) is 1. The summed E-state index contributed by atoms with van der Waals surface area (Å²) in [6.07, 6.45) is 8.17. The van der Waals surface area contributed by atoms with E-state index < -0.39 is 0 Å². The second kappa shape index (κ2) is 13.9. The van der Waals surface area contributed by atoms with Crippen molar-refractivity contribution < 1.29 is 14.4 Å². The van der Waals surface area contributed by atoms with E-state index in [9.17, 15) is 14.4 Å². The molecule has 7 nitrogen and oxygen atoms in total. The zero-order valence-electron chi connectivity index (χ0n) is 22.4. The molecule has 3 aromatic rings. The Labute approximate surface area is 225 Å². The molecule has 3 N–H and O–H groups in total. The molecule has 4 rings (SSSR count). The lowest BCUT2D eigenvalue weighted by atomic mass is 9.99. The lowest BCUT2D eigenvalue weighted by Gasteiger charge is -2.40. The summed E-state index contributed by atoms with van der Waals surface area (Å²) in [5.41, 5.74) is 4.51. The molecule has 0 bridgehead atoms.